The predicted octanol–water partition coefficient (Wildman–Crippen LogP) is 1.99. The minimum Gasteiger partial charge on any atom is -0.344 e. The van der Waals surface area contributed by atoms with Crippen molar-refractivity contribution in [1.82, 2.24) is 10.2 Å². The van der Waals surface area contributed by atoms with E-state index >= 15 is 0 Å². The molecule has 0 aromatic carbocycles. The summed E-state index contributed by atoms with van der Waals surface area (Å²) >= 11 is 1.73. The van der Waals surface area contributed by atoms with Crippen molar-refractivity contribution in [3.63, 3.8) is 0 Å². The zero-order valence-electron chi connectivity index (χ0n) is 11.7. The molecule has 1 N–H and O–H groups in total. The van der Waals surface area contributed by atoms with E-state index in [9.17, 15) is 9.59 Å². The monoisotopic (exact) mass is 280 g/mol. The van der Waals surface area contributed by atoms with Gasteiger partial charge in [0.05, 0.1) is 6.54 Å². The number of thiophene rings is 1. The molecule has 2 heterocycles. The van der Waals surface area contributed by atoms with Gasteiger partial charge in [-0.05, 0) is 31.9 Å². The zero-order chi connectivity index (χ0) is 14.0. The lowest BCUT2D eigenvalue weighted by atomic mass is 10.2. The summed E-state index contributed by atoms with van der Waals surface area (Å²) in [6.07, 6.45) is 1.04. The molecule has 5 heteroatoms. The third kappa shape index (κ3) is 3.15. The minimum atomic E-state index is -0.364. The topological polar surface area (TPSA) is 49.4 Å². The number of aryl methyl sites for hydroxylation is 2. The Kier molecular flexibility index (Phi) is 4.24. The fourth-order valence-electron chi connectivity index (χ4n) is 2.24. The Morgan fingerprint density at radius 1 is 1.42 bits per heavy atom. The molecule has 0 aliphatic carbocycles. The van der Waals surface area contributed by atoms with E-state index < -0.39 is 0 Å². The molecule has 0 radical (unpaired) electrons. The van der Waals surface area contributed by atoms with Gasteiger partial charge in [-0.3, -0.25) is 9.59 Å². The summed E-state index contributed by atoms with van der Waals surface area (Å²) in [5.41, 5.74) is 1.27. The molecule has 104 valence electrons. The Labute approximate surface area is 117 Å². The number of rotatable bonds is 3. The number of nitrogens with zero attached hydrogens (tertiary/aromatic N) is 1. The van der Waals surface area contributed by atoms with Crippen LogP contribution in [0.1, 0.15) is 35.1 Å². The van der Waals surface area contributed by atoms with Gasteiger partial charge >= 0.3 is 0 Å². The number of carbonyl (C=O) groups is 2. The largest absolute Gasteiger partial charge is 0.344 e. The van der Waals surface area contributed by atoms with Crippen LogP contribution in [0.4, 0.5) is 0 Å². The number of carbonyl (C=O) groups excluding carboxylic acids is 2. The van der Waals surface area contributed by atoms with Crippen LogP contribution in [-0.2, 0) is 16.1 Å². The molecule has 2 amide bonds. The van der Waals surface area contributed by atoms with Crippen molar-refractivity contribution in [3.8, 4) is 0 Å². The third-order valence-electron chi connectivity index (χ3n) is 3.53. The van der Waals surface area contributed by atoms with E-state index in [1.807, 2.05) is 6.92 Å². The molecule has 1 fully saturated rings. The molecule has 1 aliphatic rings. The second kappa shape index (κ2) is 5.74. The van der Waals surface area contributed by atoms with Crippen LogP contribution in [0.3, 0.4) is 0 Å². The summed E-state index contributed by atoms with van der Waals surface area (Å²) < 4.78 is 0. The van der Waals surface area contributed by atoms with E-state index in [1.165, 1.54) is 15.3 Å². The molecular formula is C14H20N2O2S. The van der Waals surface area contributed by atoms with Gasteiger partial charge in [0.15, 0.2) is 0 Å². The van der Waals surface area contributed by atoms with E-state index in [-0.39, 0.29) is 17.9 Å². The van der Waals surface area contributed by atoms with Gasteiger partial charge in [-0.2, -0.15) is 0 Å². The fraction of sp³-hybridized carbons (Fsp3) is 0.571. The molecule has 1 aromatic rings. The van der Waals surface area contributed by atoms with Crippen molar-refractivity contribution in [1.29, 1.82) is 0 Å². The average Bonchev–Trinajstić information content (AvgIpc) is 2.62. The molecule has 1 atom stereocenters. The SMILES string of the molecule is CCC1NC(=O)CCN(Cc2cc(C)c(C)s2)C1=O. The quantitative estimate of drug-likeness (QED) is 0.920. The van der Waals surface area contributed by atoms with E-state index in [0.717, 1.165) is 0 Å². The Morgan fingerprint density at radius 2 is 2.16 bits per heavy atom. The van der Waals surface area contributed by atoms with Crippen molar-refractivity contribution in [2.24, 2.45) is 0 Å². The molecule has 0 spiro atoms. The molecule has 2 rings (SSSR count). The lowest BCUT2D eigenvalue weighted by Crippen LogP contribution is -2.43. The lowest BCUT2D eigenvalue weighted by Gasteiger charge is -2.22. The fourth-order valence-corrected chi connectivity index (χ4v) is 3.31. The number of hydrogen-bond donors (Lipinski definition) is 1. The third-order valence-corrected chi connectivity index (χ3v) is 4.66. The van der Waals surface area contributed by atoms with Gasteiger partial charge in [0, 0.05) is 22.7 Å². The number of nitrogens with one attached hydrogen (secondary N) is 1. The average molecular weight is 280 g/mol. The highest BCUT2D eigenvalue weighted by Crippen LogP contribution is 2.23. The van der Waals surface area contributed by atoms with Crippen molar-refractivity contribution in [2.45, 2.75) is 46.2 Å². The van der Waals surface area contributed by atoms with Gasteiger partial charge in [0.25, 0.3) is 0 Å². The molecule has 0 saturated carbocycles. The van der Waals surface area contributed by atoms with Crippen LogP contribution in [0.15, 0.2) is 6.07 Å². The summed E-state index contributed by atoms with van der Waals surface area (Å²) in [7, 11) is 0. The van der Waals surface area contributed by atoms with E-state index in [2.05, 4.69) is 25.2 Å². The van der Waals surface area contributed by atoms with E-state index in [0.29, 0.717) is 25.9 Å². The van der Waals surface area contributed by atoms with E-state index in [1.54, 1.807) is 16.2 Å². The number of hydrogen-bond acceptors (Lipinski definition) is 3. The second-order valence-corrected chi connectivity index (χ2v) is 6.33. The maximum atomic E-state index is 12.3. The molecule has 1 aromatic heterocycles. The van der Waals surface area contributed by atoms with Crippen molar-refractivity contribution in [3.05, 3.63) is 21.4 Å². The minimum absolute atomic E-state index is 0.0266. The smallest absolute Gasteiger partial charge is 0.245 e. The molecule has 19 heavy (non-hydrogen) atoms. The summed E-state index contributed by atoms with van der Waals surface area (Å²) in [4.78, 5) is 28.2. The Morgan fingerprint density at radius 3 is 2.74 bits per heavy atom. The molecular weight excluding hydrogens is 260 g/mol. The maximum Gasteiger partial charge on any atom is 0.245 e. The first-order chi connectivity index (χ1) is 9.01. The maximum absolute atomic E-state index is 12.3. The van der Waals surface area contributed by atoms with Gasteiger partial charge in [0.1, 0.15) is 6.04 Å². The Hall–Kier alpha value is -1.36. The van der Waals surface area contributed by atoms with Gasteiger partial charge in [0.2, 0.25) is 11.8 Å². The van der Waals surface area contributed by atoms with Crippen LogP contribution in [0.25, 0.3) is 0 Å². The molecule has 1 aliphatic heterocycles. The number of amides is 2. The molecule has 4 nitrogen and oxygen atoms in total. The summed E-state index contributed by atoms with van der Waals surface area (Å²) in [6.45, 7) is 7.22. The first-order valence-corrected chi connectivity index (χ1v) is 7.47. The lowest BCUT2D eigenvalue weighted by molar-refractivity contribution is -0.134. The standard InChI is InChI=1S/C14H20N2O2S/c1-4-12-14(18)16(6-5-13(17)15-12)8-11-7-9(2)10(3)19-11/h7,12H,4-6,8H2,1-3H3,(H,15,17). The van der Waals surface area contributed by atoms with Crippen LogP contribution >= 0.6 is 11.3 Å². The van der Waals surface area contributed by atoms with Gasteiger partial charge in [-0.25, -0.2) is 0 Å². The van der Waals surface area contributed by atoms with Crippen LogP contribution < -0.4 is 5.32 Å². The zero-order valence-corrected chi connectivity index (χ0v) is 12.5. The van der Waals surface area contributed by atoms with E-state index in [4.69, 9.17) is 0 Å². The highest BCUT2D eigenvalue weighted by atomic mass is 32.1. The summed E-state index contributed by atoms with van der Waals surface area (Å²) in [5, 5.41) is 2.78. The summed E-state index contributed by atoms with van der Waals surface area (Å²) in [5.74, 6) is 0.0123. The molecule has 0 bridgehead atoms. The van der Waals surface area contributed by atoms with Crippen LogP contribution in [-0.4, -0.2) is 29.3 Å². The first kappa shape index (κ1) is 14.1. The normalized spacial score (nSPS) is 20.4. The Balaban J connectivity index is 2.13. The summed E-state index contributed by atoms with van der Waals surface area (Å²) in [6, 6.07) is 1.77. The second-order valence-electron chi connectivity index (χ2n) is 4.99. The molecule has 1 saturated heterocycles. The van der Waals surface area contributed by atoms with Crippen LogP contribution in [0, 0.1) is 13.8 Å². The van der Waals surface area contributed by atoms with Gasteiger partial charge in [-0.15, -0.1) is 11.3 Å². The van der Waals surface area contributed by atoms with Crippen molar-refractivity contribution < 1.29 is 9.59 Å². The van der Waals surface area contributed by atoms with Crippen LogP contribution in [0.2, 0.25) is 0 Å². The van der Waals surface area contributed by atoms with Crippen molar-refractivity contribution in [2.75, 3.05) is 6.54 Å². The highest BCUT2D eigenvalue weighted by Gasteiger charge is 2.28. The van der Waals surface area contributed by atoms with Gasteiger partial charge < -0.3 is 10.2 Å². The first-order valence-electron chi connectivity index (χ1n) is 6.65. The van der Waals surface area contributed by atoms with Gasteiger partial charge in [-0.1, -0.05) is 6.92 Å². The van der Waals surface area contributed by atoms with Crippen molar-refractivity contribution >= 4 is 23.2 Å². The van der Waals surface area contributed by atoms with Crippen LogP contribution in [0.5, 0.6) is 0 Å². The molecule has 1 unspecified atom stereocenters. The predicted molar refractivity (Wildman–Crippen MR) is 76.0 cm³/mol. The highest BCUT2D eigenvalue weighted by molar-refractivity contribution is 7.12. The Bertz CT molecular complexity index is 476.